The second-order valence-corrected chi connectivity index (χ2v) is 6.65. The number of ether oxygens (including phenoxy) is 2. The Labute approximate surface area is 152 Å². The number of nitrogens with zero attached hydrogens (tertiary/aromatic N) is 4. The Morgan fingerprint density at radius 1 is 1.37 bits per heavy atom. The van der Waals surface area contributed by atoms with E-state index in [1.807, 2.05) is 6.07 Å². The number of fused-ring (bicyclic) bond motifs is 4. The second kappa shape index (κ2) is 5.72. The molecule has 0 bridgehead atoms. The molecule has 3 atom stereocenters. The van der Waals surface area contributed by atoms with E-state index in [9.17, 15) is 9.59 Å². The maximum absolute atomic E-state index is 11.8. The summed E-state index contributed by atoms with van der Waals surface area (Å²) in [5.41, 5.74) is 10.2. The van der Waals surface area contributed by atoms with Crippen LogP contribution in [0.5, 0.6) is 17.2 Å². The zero-order chi connectivity index (χ0) is 18.5. The lowest BCUT2D eigenvalue weighted by molar-refractivity contribution is -0.120. The molecule has 1 N–H and O–H groups in total. The van der Waals surface area contributed by atoms with Crippen molar-refractivity contribution in [3.63, 3.8) is 0 Å². The number of benzene rings is 1. The molecule has 3 heterocycles. The van der Waals surface area contributed by atoms with Gasteiger partial charge in [-0.2, -0.15) is 0 Å². The lowest BCUT2D eigenvalue weighted by Crippen LogP contribution is -2.20. The van der Waals surface area contributed by atoms with E-state index in [2.05, 4.69) is 20.3 Å². The molecule has 0 radical (unpaired) electrons. The van der Waals surface area contributed by atoms with Crippen molar-refractivity contribution in [2.24, 2.45) is 11.0 Å². The molecule has 1 fully saturated rings. The molecule has 5 rings (SSSR count). The maximum atomic E-state index is 11.8. The van der Waals surface area contributed by atoms with E-state index in [-0.39, 0.29) is 17.9 Å². The van der Waals surface area contributed by atoms with Crippen molar-refractivity contribution < 1.29 is 19.1 Å². The number of anilines is 1. The van der Waals surface area contributed by atoms with E-state index in [1.165, 1.54) is 0 Å². The summed E-state index contributed by atoms with van der Waals surface area (Å²) < 4.78 is 11.8. The monoisotopic (exact) mass is 363 g/mol. The standard InChI is InChI=1S/C18H13N5O4/c19-23-22-18(25)15-14-10-7-8(1-3-11(10)27-16(14)15)26-12-5-6-20-17-9(12)2-4-13(24)21-17/h1,3,5-7,14-16H,2,4H2,(H,20,21,24)/t14-,15?,16-/m0/s1. The van der Waals surface area contributed by atoms with Gasteiger partial charge in [0.1, 0.15) is 29.2 Å². The van der Waals surface area contributed by atoms with E-state index >= 15 is 0 Å². The van der Waals surface area contributed by atoms with Gasteiger partial charge in [0.05, 0.1) is 5.92 Å². The zero-order valence-electron chi connectivity index (χ0n) is 14.0. The number of pyridine rings is 1. The topological polar surface area (TPSA) is 126 Å². The van der Waals surface area contributed by atoms with Gasteiger partial charge in [0.15, 0.2) is 0 Å². The second-order valence-electron chi connectivity index (χ2n) is 6.65. The third kappa shape index (κ3) is 2.48. The number of carbonyl (C=O) groups is 2. The van der Waals surface area contributed by atoms with Crippen molar-refractivity contribution in [3.05, 3.63) is 52.0 Å². The largest absolute Gasteiger partial charge is 0.489 e. The first-order valence-electron chi connectivity index (χ1n) is 8.51. The number of azide groups is 1. The fraction of sp³-hybridized carbons (Fsp3) is 0.278. The molecule has 1 aliphatic carbocycles. The van der Waals surface area contributed by atoms with Crippen molar-refractivity contribution in [1.29, 1.82) is 0 Å². The molecule has 1 aromatic carbocycles. The lowest BCUT2D eigenvalue weighted by Gasteiger charge is -2.19. The zero-order valence-corrected chi connectivity index (χ0v) is 14.0. The molecule has 0 saturated heterocycles. The third-order valence-electron chi connectivity index (χ3n) is 5.09. The summed E-state index contributed by atoms with van der Waals surface area (Å²) >= 11 is 0. The van der Waals surface area contributed by atoms with Crippen molar-refractivity contribution in [2.45, 2.75) is 24.9 Å². The van der Waals surface area contributed by atoms with Crippen LogP contribution in [0.2, 0.25) is 0 Å². The SMILES string of the molecule is [N-]=[N+]=NC(=O)C1[C@H]2Oc3ccc(Oc4ccnc5c4CCC(=O)N5)cc3[C@@H]12. The van der Waals surface area contributed by atoms with Gasteiger partial charge in [-0.15, -0.1) is 0 Å². The summed E-state index contributed by atoms with van der Waals surface area (Å²) in [6.45, 7) is 0. The number of hydrogen-bond donors (Lipinski definition) is 1. The summed E-state index contributed by atoms with van der Waals surface area (Å²) in [5, 5.41) is 5.92. The van der Waals surface area contributed by atoms with Gasteiger partial charge in [-0.1, -0.05) is 0 Å². The smallest absolute Gasteiger partial charge is 0.226 e. The van der Waals surface area contributed by atoms with Gasteiger partial charge in [0.25, 0.3) is 0 Å². The molecule has 2 amide bonds. The molecule has 27 heavy (non-hydrogen) atoms. The summed E-state index contributed by atoms with van der Waals surface area (Å²) in [6.07, 6.45) is 2.27. The highest BCUT2D eigenvalue weighted by atomic mass is 16.5. The van der Waals surface area contributed by atoms with Gasteiger partial charge in [-0.25, -0.2) is 4.98 Å². The average Bonchev–Trinajstić information content (AvgIpc) is 3.25. The molecule has 2 aliphatic heterocycles. The minimum Gasteiger partial charge on any atom is -0.489 e. The number of amides is 2. The van der Waals surface area contributed by atoms with Crippen LogP contribution in [-0.2, 0) is 16.0 Å². The fourth-order valence-corrected chi connectivity index (χ4v) is 3.79. The Balaban J connectivity index is 1.42. The van der Waals surface area contributed by atoms with Gasteiger partial charge in [-0.3, -0.25) is 9.59 Å². The summed E-state index contributed by atoms with van der Waals surface area (Å²) in [6, 6.07) is 7.20. The number of rotatable bonds is 3. The molecular weight excluding hydrogens is 350 g/mol. The number of hydrogen-bond acceptors (Lipinski definition) is 5. The van der Waals surface area contributed by atoms with E-state index in [0.29, 0.717) is 35.9 Å². The van der Waals surface area contributed by atoms with Crippen LogP contribution in [0.4, 0.5) is 5.82 Å². The van der Waals surface area contributed by atoms with Crippen LogP contribution in [0.15, 0.2) is 35.6 Å². The van der Waals surface area contributed by atoms with E-state index < -0.39 is 11.8 Å². The van der Waals surface area contributed by atoms with Gasteiger partial charge in [-0.05, 0) is 41.3 Å². The number of nitrogens with one attached hydrogen (secondary N) is 1. The number of carbonyl (C=O) groups excluding carboxylic acids is 2. The highest BCUT2D eigenvalue weighted by molar-refractivity contribution is 5.93. The highest BCUT2D eigenvalue weighted by Gasteiger charge is 2.62. The molecule has 1 unspecified atom stereocenters. The first kappa shape index (κ1) is 15.7. The molecular formula is C18H13N5O4. The van der Waals surface area contributed by atoms with Gasteiger partial charge < -0.3 is 14.8 Å². The summed E-state index contributed by atoms with van der Waals surface area (Å²) in [7, 11) is 0. The van der Waals surface area contributed by atoms with Crippen LogP contribution in [0.3, 0.4) is 0 Å². The summed E-state index contributed by atoms with van der Waals surface area (Å²) in [4.78, 5) is 30.1. The van der Waals surface area contributed by atoms with Crippen LogP contribution in [0.1, 0.15) is 23.5 Å². The molecule has 1 saturated carbocycles. The molecule has 0 spiro atoms. The van der Waals surface area contributed by atoms with E-state index in [1.54, 1.807) is 24.4 Å². The molecule has 2 aromatic rings. The molecule has 9 heteroatoms. The van der Waals surface area contributed by atoms with Crippen molar-refractivity contribution in [2.75, 3.05) is 5.32 Å². The van der Waals surface area contributed by atoms with Crippen molar-refractivity contribution >= 4 is 17.6 Å². The Kier molecular flexibility index (Phi) is 3.32. The Morgan fingerprint density at radius 2 is 2.26 bits per heavy atom. The Hall–Kier alpha value is -3.58. The van der Waals surface area contributed by atoms with Gasteiger partial charge in [0.2, 0.25) is 11.8 Å². The van der Waals surface area contributed by atoms with E-state index in [0.717, 1.165) is 11.1 Å². The predicted octanol–water partition coefficient (Wildman–Crippen LogP) is 3.07. The van der Waals surface area contributed by atoms with Crippen LogP contribution in [-0.4, -0.2) is 22.9 Å². The number of aromatic nitrogens is 1. The first-order chi connectivity index (χ1) is 13.2. The van der Waals surface area contributed by atoms with Crippen LogP contribution in [0.25, 0.3) is 10.4 Å². The van der Waals surface area contributed by atoms with Crippen LogP contribution < -0.4 is 14.8 Å². The average molecular weight is 363 g/mol. The van der Waals surface area contributed by atoms with E-state index in [4.69, 9.17) is 15.0 Å². The fourth-order valence-electron chi connectivity index (χ4n) is 3.79. The van der Waals surface area contributed by atoms with Crippen molar-refractivity contribution in [3.8, 4) is 17.2 Å². The minimum absolute atomic E-state index is 0.0580. The third-order valence-corrected chi connectivity index (χ3v) is 5.09. The molecule has 134 valence electrons. The predicted molar refractivity (Wildman–Crippen MR) is 92.5 cm³/mol. The molecule has 3 aliphatic rings. The molecule has 1 aromatic heterocycles. The Bertz CT molecular complexity index is 1050. The minimum atomic E-state index is -0.497. The quantitative estimate of drug-likeness (QED) is 0.509. The lowest BCUT2D eigenvalue weighted by atomic mass is 10.1. The summed E-state index contributed by atoms with van der Waals surface area (Å²) in [5.74, 6) is 1.39. The molecule has 9 nitrogen and oxygen atoms in total. The van der Waals surface area contributed by atoms with Crippen molar-refractivity contribution in [1.82, 2.24) is 4.98 Å². The maximum Gasteiger partial charge on any atom is 0.226 e. The van der Waals surface area contributed by atoms with Gasteiger partial charge >= 0.3 is 0 Å². The van der Waals surface area contributed by atoms with Crippen LogP contribution >= 0.6 is 0 Å². The van der Waals surface area contributed by atoms with Crippen LogP contribution in [0, 0.1) is 5.92 Å². The first-order valence-corrected chi connectivity index (χ1v) is 8.51. The Morgan fingerprint density at radius 3 is 3.11 bits per heavy atom. The van der Waals surface area contributed by atoms with Gasteiger partial charge in [0, 0.05) is 34.6 Å². The normalized spacial score (nSPS) is 23.7. The highest BCUT2D eigenvalue weighted by Crippen LogP contribution is 2.59.